The van der Waals surface area contributed by atoms with Crippen molar-refractivity contribution in [1.82, 2.24) is 5.32 Å². The number of anilines is 1. The normalized spacial score (nSPS) is 12.2. The number of carbonyl (C=O) groups excluding carboxylic acids is 2. The number of carbonyl (C=O) groups is 2. The first kappa shape index (κ1) is 23.1. The van der Waals surface area contributed by atoms with Crippen LogP contribution in [0.25, 0.3) is 6.08 Å². The van der Waals surface area contributed by atoms with Crippen molar-refractivity contribution in [2.24, 2.45) is 10.6 Å². The molecule has 2 amide bonds. The Morgan fingerprint density at radius 3 is 2.03 bits per heavy atom. The third-order valence-electron chi connectivity index (χ3n) is 4.04. The van der Waals surface area contributed by atoms with Crippen LogP contribution in [0.15, 0.2) is 59.1 Å². The minimum Gasteiger partial charge on any atom is -0.497 e. The SMILES string of the molecule is COc1ccc(/C=C(/NC(=O)C(C)(C)C)C(=O)Nc2ccc(S(N)(=O)=O)cc2)cc1. The van der Waals surface area contributed by atoms with E-state index in [0.29, 0.717) is 17.0 Å². The fourth-order valence-corrected chi connectivity index (χ4v) is 2.78. The molecule has 0 spiro atoms. The van der Waals surface area contributed by atoms with Gasteiger partial charge in [-0.1, -0.05) is 32.9 Å². The van der Waals surface area contributed by atoms with Crippen molar-refractivity contribution in [1.29, 1.82) is 0 Å². The van der Waals surface area contributed by atoms with Crippen molar-refractivity contribution < 1.29 is 22.7 Å². The standard InChI is InChI=1S/C21H25N3O5S/c1-21(2,3)20(26)24-18(13-14-5-9-16(29-4)10-6-14)19(25)23-15-7-11-17(12-8-15)30(22,27)28/h5-13H,1-4H3,(H,23,25)(H,24,26)(H2,22,27,28)/b18-13+. The molecule has 0 saturated heterocycles. The number of nitrogens with two attached hydrogens (primary N) is 1. The monoisotopic (exact) mass is 431 g/mol. The zero-order valence-electron chi connectivity index (χ0n) is 17.2. The molecule has 4 N–H and O–H groups in total. The number of benzene rings is 2. The number of rotatable bonds is 6. The van der Waals surface area contributed by atoms with E-state index in [1.165, 1.54) is 30.3 Å². The van der Waals surface area contributed by atoms with Crippen LogP contribution in [0.3, 0.4) is 0 Å². The van der Waals surface area contributed by atoms with Gasteiger partial charge in [0.15, 0.2) is 0 Å². The average Bonchev–Trinajstić information content (AvgIpc) is 2.67. The molecule has 30 heavy (non-hydrogen) atoms. The summed E-state index contributed by atoms with van der Waals surface area (Å²) in [6.07, 6.45) is 1.54. The quantitative estimate of drug-likeness (QED) is 0.606. The molecule has 9 heteroatoms. The molecule has 0 bridgehead atoms. The maximum Gasteiger partial charge on any atom is 0.272 e. The molecule has 0 aliphatic heterocycles. The van der Waals surface area contributed by atoms with Crippen LogP contribution in [0, 0.1) is 5.41 Å². The first-order chi connectivity index (χ1) is 13.9. The number of methoxy groups -OCH3 is 1. The zero-order chi connectivity index (χ0) is 22.5. The van der Waals surface area contributed by atoms with Crippen LogP contribution in [0.4, 0.5) is 5.69 Å². The maximum atomic E-state index is 12.8. The van der Waals surface area contributed by atoms with Gasteiger partial charge in [0, 0.05) is 11.1 Å². The van der Waals surface area contributed by atoms with Crippen LogP contribution in [-0.4, -0.2) is 27.3 Å². The summed E-state index contributed by atoms with van der Waals surface area (Å²) in [6.45, 7) is 5.20. The van der Waals surface area contributed by atoms with Crippen LogP contribution in [0.2, 0.25) is 0 Å². The first-order valence-corrected chi connectivity index (χ1v) is 10.6. The lowest BCUT2D eigenvalue weighted by Crippen LogP contribution is -2.38. The molecule has 8 nitrogen and oxygen atoms in total. The van der Waals surface area contributed by atoms with Gasteiger partial charge in [0.05, 0.1) is 12.0 Å². The molecule has 0 fully saturated rings. The molecule has 0 aliphatic carbocycles. The number of hydrogen-bond acceptors (Lipinski definition) is 5. The summed E-state index contributed by atoms with van der Waals surface area (Å²) in [7, 11) is -2.28. The van der Waals surface area contributed by atoms with E-state index in [-0.39, 0.29) is 16.5 Å². The summed E-state index contributed by atoms with van der Waals surface area (Å²) in [5.41, 5.74) is 0.351. The summed E-state index contributed by atoms with van der Waals surface area (Å²) in [4.78, 5) is 25.2. The predicted octanol–water partition coefficient (Wildman–Crippen LogP) is 2.48. The second kappa shape index (κ2) is 9.10. The van der Waals surface area contributed by atoms with Gasteiger partial charge in [-0.15, -0.1) is 0 Å². The molecule has 2 aromatic carbocycles. The van der Waals surface area contributed by atoms with E-state index in [4.69, 9.17) is 9.88 Å². The second-order valence-corrected chi connectivity index (χ2v) is 9.12. The second-order valence-electron chi connectivity index (χ2n) is 7.56. The van der Waals surface area contributed by atoms with E-state index in [1.807, 2.05) is 0 Å². The largest absolute Gasteiger partial charge is 0.497 e. The Labute approximate surface area is 176 Å². The van der Waals surface area contributed by atoms with Crippen LogP contribution in [0.1, 0.15) is 26.3 Å². The van der Waals surface area contributed by atoms with Gasteiger partial charge in [-0.3, -0.25) is 9.59 Å². The van der Waals surface area contributed by atoms with Crippen LogP contribution in [-0.2, 0) is 19.6 Å². The Morgan fingerprint density at radius 1 is 1.00 bits per heavy atom. The third-order valence-corrected chi connectivity index (χ3v) is 4.97. The van der Waals surface area contributed by atoms with Crippen molar-refractivity contribution >= 4 is 33.6 Å². The van der Waals surface area contributed by atoms with Crippen LogP contribution in [0.5, 0.6) is 5.75 Å². The van der Waals surface area contributed by atoms with E-state index in [2.05, 4.69) is 10.6 Å². The number of sulfonamides is 1. The Morgan fingerprint density at radius 2 is 1.57 bits per heavy atom. The number of primary sulfonamides is 1. The molecule has 2 rings (SSSR count). The molecule has 0 radical (unpaired) electrons. The van der Waals surface area contributed by atoms with Crippen LogP contribution >= 0.6 is 0 Å². The number of nitrogens with one attached hydrogen (secondary N) is 2. The van der Waals surface area contributed by atoms with Crippen molar-refractivity contribution in [3.8, 4) is 5.75 Å². The van der Waals surface area contributed by atoms with Gasteiger partial charge in [0.25, 0.3) is 5.91 Å². The lowest BCUT2D eigenvalue weighted by Gasteiger charge is -2.19. The number of amides is 2. The molecule has 160 valence electrons. The smallest absolute Gasteiger partial charge is 0.272 e. The van der Waals surface area contributed by atoms with Crippen LogP contribution < -0.4 is 20.5 Å². The van der Waals surface area contributed by atoms with E-state index >= 15 is 0 Å². The number of ether oxygens (including phenoxy) is 1. The molecule has 0 unspecified atom stereocenters. The van der Waals surface area contributed by atoms with Gasteiger partial charge >= 0.3 is 0 Å². The highest BCUT2D eigenvalue weighted by atomic mass is 32.2. The minimum absolute atomic E-state index is 0.0376. The summed E-state index contributed by atoms with van der Waals surface area (Å²) in [5, 5.41) is 10.4. The summed E-state index contributed by atoms with van der Waals surface area (Å²) < 4.78 is 27.8. The van der Waals surface area contributed by atoms with Crippen molar-refractivity contribution in [2.75, 3.05) is 12.4 Å². The molecule has 0 heterocycles. The van der Waals surface area contributed by atoms with Gasteiger partial charge in [-0.2, -0.15) is 0 Å². The lowest BCUT2D eigenvalue weighted by atomic mass is 9.95. The molecule has 0 atom stereocenters. The number of hydrogen-bond donors (Lipinski definition) is 3. The highest BCUT2D eigenvalue weighted by Gasteiger charge is 2.24. The Kier molecular flexibility index (Phi) is 7.01. The third kappa shape index (κ3) is 6.43. The maximum absolute atomic E-state index is 12.8. The van der Waals surface area contributed by atoms with Gasteiger partial charge in [-0.25, -0.2) is 13.6 Å². The van der Waals surface area contributed by atoms with E-state index in [1.54, 1.807) is 52.1 Å². The van der Waals surface area contributed by atoms with E-state index in [9.17, 15) is 18.0 Å². The highest BCUT2D eigenvalue weighted by molar-refractivity contribution is 7.89. The Balaban J connectivity index is 2.31. The Bertz CT molecular complexity index is 1050. The fraction of sp³-hybridized carbons (Fsp3) is 0.238. The molecule has 0 saturated carbocycles. The van der Waals surface area contributed by atoms with Gasteiger partial charge < -0.3 is 15.4 Å². The summed E-state index contributed by atoms with van der Waals surface area (Å²) >= 11 is 0. The molecular formula is C21H25N3O5S. The lowest BCUT2D eigenvalue weighted by molar-refractivity contribution is -0.128. The fourth-order valence-electron chi connectivity index (χ4n) is 2.26. The minimum atomic E-state index is -3.83. The van der Waals surface area contributed by atoms with Gasteiger partial charge in [0.2, 0.25) is 15.9 Å². The first-order valence-electron chi connectivity index (χ1n) is 9.01. The molecule has 0 aliphatic rings. The molecular weight excluding hydrogens is 406 g/mol. The van der Waals surface area contributed by atoms with Gasteiger partial charge in [-0.05, 0) is 48.0 Å². The topological polar surface area (TPSA) is 128 Å². The van der Waals surface area contributed by atoms with E-state index < -0.39 is 21.3 Å². The van der Waals surface area contributed by atoms with Crippen molar-refractivity contribution in [3.05, 3.63) is 59.8 Å². The summed E-state index contributed by atoms with van der Waals surface area (Å²) in [5.74, 6) is -0.236. The van der Waals surface area contributed by atoms with Gasteiger partial charge in [0.1, 0.15) is 11.4 Å². The zero-order valence-corrected chi connectivity index (χ0v) is 18.0. The predicted molar refractivity (Wildman–Crippen MR) is 115 cm³/mol. The highest BCUT2D eigenvalue weighted by Crippen LogP contribution is 2.18. The van der Waals surface area contributed by atoms with Crippen molar-refractivity contribution in [2.45, 2.75) is 25.7 Å². The Hall–Kier alpha value is -3.17. The average molecular weight is 432 g/mol. The molecule has 2 aromatic rings. The summed E-state index contributed by atoms with van der Waals surface area (Å²) in [6, 6.07) is 12.4. The molecule has 0 aromatic heterocycles. The van der Waals surface area contributed by atoms with Crippen molar-refractivity contribution in [3.63, 3.8) is 0 Å². The van der Waals surface area contributed by atoms with E-state index in [0.717, 1.165) is 0 Å².